The minimum atomic E-state index is 0.0724. The largest absolute Gasteiger partial charge is 0.396 e. The van der Waals surface area contributed by atoms with E-state index in [0.717, 1.165) is 15.9 Å². The lowest BCUT2D eigenvalue weighted by atomic mass is 10.3. The van der Waals surface area contributed by atoms with Crippen LogP contribution in [0.2, 0.25) is 5.02 Å². The maximum absolute atomic E-state index is 8.78. The van der Waals surface area contributed by atoms with Gasteiger partial charge in [0.25, 0.3) is 0 Å². The van der Waals surface area contributed by atoms with E-state index in [9.17, 15) is 0 Å². The normalized spacial score (nSPS) is 10.7. The Balaban J connectivity index is 2.31. The number of aromatic nitrogens is 3. The second-order valence-electron chi connectivity index (χ2n) is 3.23. The van der Waals surface area contributed by atoms with Crippen LogP contribution in [0.5, 0.6) is 0 Å². The lowest BCUT2D eigenvalue weighted by Crippen LogP contribution is -1.94. The summed E-state index contributed by atoms with van der Waals surface area (Å²) in [4.78, 5) is 0. The van der Waals surface area contributed by atoms with Crippen LogP contribution >= 0.6 is 27.5 Å². The third-order valence-electron chi connectivity index (χ3n) is 2.08. The van der Waals surface area contributed by atoms with Gasteiger partial charge in [0.05, 0.1) is 22.6 Å². The molecular weight excluding hydrogens is 293 g/mol. The van der Waals surface area contributed by atoms with Gasteiger partial charge in [-0.15, -0.1) is 5.10 Å². The van der Waals surface area contributed by atoms with Crippen molar-refractivity contribution in [3.8, 4) is 5.69 Å². The van der Waals surface area contributed by atoms with Crippen LogP contribution in [-0.2, 0) is 6.42 Å². The van der Waals surface area contributed by atoms with Gasteiger partial charge in [-0.1, -0.05) is 16.8 Å². The van der Waals surface area contributed by atoms with E-state index in [4.69, 9.17) is 16.7 Å². The Labute approximate surface area is 106 Å². The highest BCUT2D eigenvalue weighted by Crippen LogP contribution is 2.24. The summed E-state index contributed by atoms with van der Waals surface area (Å²) in [6.45, 7) is 0.0724. The van der Waals surface area contributed by atoms with Crippen molar-refractivity contribution in [3.63, 3.8) is 0 Å². The Bertz CT molecular complexity index is 501. The molecule has 0 spiro atoms. The molecule has 0 aliphatic heterocycles. The van der Waals surface area contributed by atoms with Gasteiger partial charge in [-0.05, 0) is 34.1 Å². The molecule has 2 rings (SSSR count). The SMILES string of the molecule is OCCc1cn(-c2ccc(Cl)c(Br)c2)nn1. The molecule has 0 unspecified atom stereocenters. The number of rotatable bonds is 3. The highest BCUT2D eigenvalue weighted by atomic mass is 79.9. The molecule has 0 aliphatic rings. The van der Waals surface area contributed by atoms with Gasteiger partial charge in [0, 0.05) is 17.5 Å². The molecule has 2 aromatic rings. The molecule has 16 heavy (non-hydrogen) atoms. The van der Waals surface area contributed by atoms with Crippen LogP contribution in [0.15, 0.2) is 28.9 Å². The molecule has 0 atom stereocenters. The summed E-state index contributed by atoms with van der Waals surface area (Å²) < 4.78 is 2.46. The van der Waals surface area contributed by atoms with Gasteiger partial charge in [-0.3, -0.25) is 0 Å². The van der Waals surface area contributed by atoms with Crippen molar-refractivity contribution in [1.29, 1.82) is 0 Å². The summed E-state index contributed by atoms with van der Waals surface area (Å²) in [7, 11) is 0. The molecule has 0 saturated heterocycles. The van der Waals surface area contributed by atoms with E-state index in [0.29, 0.717) is 11.4 Å². The van der Waals surface area contributed by atoms with Crippen LogP contribution < -0.4 is 0 Å². The van der Waals surface area contributed by atoms with E-state index >= 15 is 0 Å². The second-order valence-corrected chi connectivity index (χ2v) is 4.49. The quantitative estimate of drug-likeness (QED) is 0.946. The van der Waals surface area contributed by atoms with Crippen LogP contribution in [-0.4, -0.2) is 26.7 Å². The number of aliphatic hydroxyl groups is 1. The van der Waals surface area contributed by atoms with E-state index < -0.39 is 0 Å². The van der Waals surface area contributed by atoms with E-state index in [1.54, 1.807) is 16.9 Å². The third-order valence-corrected chi connectivity index (χ3v) is 3.29. The van der Waals surface area contributed by atoms with E-state index in [1.807, 2.05) is 12.1 Å². The first-order valence-electron chi connectivity index (χ1n) is 4.68. The van der Waals surface area contributed by atoms with Gasteiger partial charge in [-0.25, -0.2) is 4.68 Å². The summed E-state index contributed by atoms with van der Waals surface area (Å²) in [5.41, 5.74) is 1.63. The van der Waals surface area contributed by atoms with E-state index in [2.05, 4.69) is 26.2 Å². The molecule has 6 heteroatoms. The van der Waals surface area contributed by atoms with E-state index in [1.165, 1.54) is 0 Å². The Morgan fingerprint density at radius 1 is 1.44 bits per heavy atom. The predicted octanol–water partition coefficient (Wildman–Crippen LogP) is 2.22. The Hall–Kier alpha value is -0.910. The molecule has 84 valence electrons. The van der Waals surface area contributed by atoms with Crippen molar-refractivity contribution in [2.75, 3.05) is 6.61 Å². The van der Waals surface area contributed by atoms with Gasteiger partial charge in [0.15, 0.2) is 0 Å². The van der Waals surface area contributed by atoms with Crippen molar-refractivity contribution >= 4 is 27.5 Å². The van der Waals surface area contributed by atoms with Gasteiger partial charge in [-0.2, -0.15) is 0 Å². The third kappa shape index (κ3) is 2.42. The predicted molar refractivity (Wildman–Crippen MR) is 64.9 cm³/mol. The van der Waals surface area contributed by atoms with E-state index in [-0.39, 0.29) is 6.61 Å². The van der Waals surface area contributed by atoms with Crippen LogP contribution in [0.1, 0.15) is 5.69 Å². The number of hydrogen-bond donors (Lipinski definition) is 1. The van der Waals surface area contributed by atoms with Gasteiger partial charge < -0.3 is 5.11 Å². The van der Waals surface area contributed by atoms with Crippen LogP contribution in [0.25, 0.3) is 5.69 Å². The Morgan fingerprint density at radius 3 is 2.94 bits per heavy atom. The number of aliphatic hydroxyl groups excluding tert-OH is 1. The first-order valence-corrected chi connectivity index (χ1v) is 5.85. The summed E-state index contributed by atoms with van der Waals surface area (Å²) in [6.07, 6.45) is 2.29. The molecule has 1 N–H and O–H groups in total. The molecule has 0 aliphatic carbocycles. The highest BCUT2D eigenvalue weighted by molar-refractivity contribution is 9.10. The molecule has 0 fully saturated rings. The standard InChI is InChI=1S/C10H9BrClN3O/c11-9-5-8(1-2-10(9)12)15-6-7(3-4-16)13-14-15/h1-2,5-6,16H,3-4H2. The van der Waals surface area contributed by atoms with Crippen molar-refractivity contribution in [3.05, 3.63) is 39.6 Å². The fourth-order valence-electron chi connectivity index (χ4n) is 1.28. The topological polar surface area (TPSA) is 50.9 Å². The smallest absolute Gasteiger partial charge is 0.0854 e. The molecule has 0 amide bonds. The minimum Gasteiger partial charge on any atom is -0.396 e. The molecule has 1 heterocycles. The number of nitrogens with zero attached hydrogens (tertiary/aromatic N) is 3. The molecule has 0 bridgehead atoms. The van der Waals surface area contributed by atoms with Crippen molar-refractivity contribution < 1.29 is 5.11 Å². The molecule has 0 saturated carbocycles. The lowest BCUT2D eigenvalue weighted by Gasteiger charge is -2.01. The van der Waals surface area contributed by atoms with Crippen molar-refractivity contribution in [2.24, 2.45) is 0 Å². The maximum atomic E-state index is 8.78. The average Bonchev–Trinajstić information content (AvgIpc) is 2.71. The van der Waals surface area contributed by atoms with Gasteiger partial charge in [0.2, 0.25) is 0 Å². The van der Waals surface area contributed by atoms with Gasteiger partial charge >= 0.3 is 0 Å². The average molecular weight is 303 g/mol. The summed E-state index contributed by atoms with van der Waals surface area (Å²) >= 11 is 9.25. The van der Waals surface area contributed by atoms with Crippen molar-refractivity contribution in [2.45, 2.75) is 6.42 Å². The Kier molecular flexibility index (Phi) is 3.58. The summed E-state index contributed by atoms with van der Waals surface area (Å²) in [5.74, 6) is 0. The fraction of sp³-hybridized carbons (Fsp3) is 0.200. The minimum absolute atomic E-state index is 0.0724. The molecule has 4 nitrogen and oxygen atoms in total. The second kappa shape index (κ2) is 4.95. The van der Waals surface area contributed by atoms with Crippen LogP contribution in [0, 0.1) is 0 Å². The zero-order chi connectivity index (χ0) is 11.5. The molecule has 1 aromatic carbocycles. The summed E-state index contributed by atoms with van der Waals surface area (Å²) in [5, 5.41) is 17.3. The maximum Gasteiger partial charge on any atom is 0.0854 e. The lowest BCUT2D eigenvalue weighted by molar-refractivity contribution is 0.298. The molecule has 0 radical (unpaired) electrons. The van der Waals surface area contributed by atoms with Crippen LogP contribution in [0.4, 0.5) is 0 Å². The molecular formula is C10H9BrClN3O. The first-order chi connectivity index (χ1) is 7.70. The monoisotopic (exact) mass is 301 g/mol. The van der Waals surface area contributed by atoms with Crippen LogP contribution in [0.3, 0.4) is 0 Å². The Morgan fingerprint density at radius 2 is 2.25 bits per heavy atom. The summed E-state index contributed by atoms with van der Waals surface area (Å²) in [6, 6.07) is 5.50. The molecule has 1 aromatic heterocycles. The van der Waals surface area contributed by atoms with Gasteiger partial charge in [0.1, 0.15) is 0 Å². The fourth-order valence-corrected chi connectivity index (χ4v) is 1.77. The van der Waals surface area contributed by atoms with Crippen molar-refractivity contribution in [1.82, 2.24) is 15.0 Å². The number of hydrogen-bond acceptors (Lipinski definition) is 3. The number of halogens is 2. The first kappa shape index (κ1) is 11.6. The number of benzene rings is 1. The zero-order valence-electron chi connectivity index (χ0n) is 8.27. The zero-order valence-corrected chi connectivity index (χ0v) is 10.6. The highest BCUT2D eigenvalue weighted by Gasteiger charge is 2.04.